The molecule has 1 aliphatic rings. The Bertz CT molecular complexity index is 1410. The van der Waals surface area contributed by atoms with Gasteiger partial charge in [-0.15, -0.1) is 12.4 Å². The molecule has 1 fully saturated rings. The molecule has 1 saturated heterocycles. The molecule has 0 spiro atoms. The summed E-state index contributed by atoms with van der Waals surface area (Å²) in [4.78, 5) is 2.40. The third-order valence-corrected chi connectivity index (χ3v) is 10.6. The Balaban J connectivity index is 0.00000462. The molecule has 3 aromatic carbocycles. The van der Waals surface area contributed by atoms with Crippen LogP contribution in [0.1, 0.15) is 24.0 Å². The summed E-state index contributed by atoms with van der Waals surface area (Å²) >= 11 is 0. The van der Waals surface area contributed by atoms with Gasteiger partial charge in [-0.05, 0) is 80.4 Å². The lowest BCUT2D eigenvalue weighted by molar-refractivity contribution is 0.238. The van der Waals surface area contributed by atoms with E-state index in [1.165, 1.54) is 20.7 Å². The quantitative estimate of drug-likeness (QED) is 0.359. The van der Waals surface area contributed by atoms with Gasteiger partial charge in [-0.1, -0.05) is 54.6 Å². The molecule has 0 radical (unpaired) electrons. The molecule has 0 N–H and O–H groups in total. The second kappa shape index (κ2) is 14.5. The van der Waals surface area contributed by atoms with Crippen LogP contribution in [0.5, 0.6) is 0 Å². The Labute approximate surface area is 249 Å². The summed E-state index contributed by atoms with van der Waals surface area (Å²) in [6, 6.07) is 21.4. The Morgan fingerprint density at radius 3 is 1.66 bits per heavy atom. The highest BCUT2D eigenvalue weighted by Crippen LogP contribution is 2.22. The first-order valence-electron chi connectivity index (χ1n) is 13.3. The maximum atomic E-state index is 13.7. The molecule has 7 nitrogen and oxygen atoms in total. The standard InChI is InChI=1S/C30H36FN3O4S2.ClH/c1-25-10-14-29(15-11-25)39(35,36)33-20-6-18-32(24-27-8-4-3-5-9-27)19-7-21-34(23-26(2)22-33)40(37,38)30-16-12-28(31)13-17-30;/h3-5,8-17H,2,6-7,18-24H2,1H3;1H. The maximum absolute atomic E-state index is 13.7. The third kappa shape index (κ3) is 8.70. The van der Waals surface area contributed by atoms with E-state index in [1.807, 2.05) is 37.3 Å². The fourth-order valence-corrected chi connectivity index (χ4v) is 7.79. The summed E-state index contributed by atoms with van der Waals surface area (Å²) in [6.07, 6.45) is 1.19. The second-order valence-electron chi connectivity index (χ2n) is 10.2. The molecule has 0 atom stereocenters. The number of hydrogen-bond acceptors (Lipinski definition) is 5. The van der Waals surface area contributed by atoms with Crippen molar-refractivity contribution >= 4 is 32.5 Å². The number of halogens is 2. The molecule has 0 bridgehead atoms. The van der Waals surface area contributed by atoms with E-state index in [0.29, 0.717) is 38.0 Å². The van der Waals surface area contributed by atoms with E-state index in [4.69, 9.17) is 0 Å². The molecule has 11 heteroatoms. The topological polar surface area (TPSA) is 78.0 Å². The van der Waals surface area contributed by atoms with E-state index < -0.39 is 25.9 Å². The first-order chi connectivity index (χ1) is 19.1. The van der Waals surface area contributed by atoms with Crippen molar-refractivity contribution in [1.82, 2.24) is 13.5 Å². The molecule has 0 aromatic heterocycles. The minimum absolute atomic E-state index is 0. The number of rotatable bonds is 6. The van der Waals surface area contributed by atoms with E-state index >= 15 is 0 Å². The van der Waals surface area contributed by atoms with Gasteiger partial charge in [-0.2, -0.15) is 8.61 Å². The zero-order valence-electron chi connectivity index (χ0n) is 23.2. The van der Waals surface area contributed by atoms with Crippen LogP contribution in [-0.2, 0) is 26.6 Å². The normalized spacial score (nSPS) is 17.3. The highest BCUT2D eigenvalue weighted by Gasteiger charge is 2.29. The van der Waals surface area contributed by atoms with Gasteiger partial charge < -0.3 is 0 Å². The number of benzene rings is 3. The summed E-state index contributed by atoms with van der Waals surface area (Å²) < 4.78 is 70.7. The van der Waals surface area contributed by atoms with Crippen molar-refractivity contribution in [3.63, 3.8) is 0 Å². The molecular formula is C30H37ClFN3O4S2. The fraction of sp³-hybridized carbons (Fsp3) is 0.333. The van der Waals surface area contributed by atoms with Gasteiger partial charge in [0.2, 0.25) is 20.0 Å². The van der Waals surface area contributed by atoms with Crippen molar-refractivity contribution in [3.8, 4) is 0 Å². The lowest BCUT2D eigenvalue weighted by atomic mass is 10.2. The summed E-state index contributed by atoms with van der Waals surface area (Å²) in [5.74, 6) is -0.523. The van der Waals surface area contributed by atoms with Gasteiger partial charge in [-0.3, -0.25) is 4.90 Å². The van der Waals surface area contributed by atoms with Gasteiger partial charge in [0.25, 0.3) is 0 Å². The first kappa shape index (κ1) is 32.9. The average molecular weight is 622 g/mol. The Morgan fingerprint density at radius 1 is 0.707 bits per heavy atom. The molecule has 222 valence electrons. The predicted molar refractivity (Wildman–Crippen MR) is 162 cm³/mol. The van der Waals surface area contributed by atoms with Crippen LogP contribution in [-0.4, -0.2) is 69.6 Å². The number of hydrogen-bond donors (Lipinski definition) is 0. The summed E-state index contributed by atoms with van der Waals surface area (Å²) in [7, 11) is -7.81. The van der Waals surface area contributed by atoms with E-state index in [1.54, 1.807) is 24.3 Å². The van der Waals surface area contributed by atoms with Gasteiger partial charge in [-0.25, -0.2) is 21.2 Å². The van der Waals surface area contributed by atoms with Gasteiger partial charge in [0, 0.05) is 32.7 Å². The monoisotopic (exact) mass is 621 g/mol. The van der Waals surface area contributed by atoms with E-state index in [2.05, 4.69) is 11.5 Å². The first-order valence-corrected chi connectivity index (χ1v) is 16.2. The van der Waals surface area contributed by atoms with Crippen molar-refractivity contribution < 1.29 is 21.2 Å². The zero-order chi connectivity index (χ0) is 28.8. The van der Waals surface area contributed by atoms with Crippen molar-refractivity contribution in [2.45, 2.75) is 36.1 Å². The molecule has 0 amide bonds. The summed E-state index contributed by atoms with van der Waals surface area (Å²) in [5.41, 5.74) is 2.54. The van der Waals surface area contributed by atoms with E-state index in [9.17, 15) is 21.2 Å². The molecule has 41 heavy (non-hydrogen) atoms. The summed E-state index contributed by atoms with van der Waals surface area (Å²) in [6.45, 7) is 8.34. The van der Waals surface area contributed by atoms with Gasteiger partial charge >= 0.3 is 0 Å². The van der Waals surface area contributed by atoms with Crippen LogP contribution in [0.4, 0.5) is 4.39 Å². The van der Waals surface area contributed by atoms with Crippen molar-refractivity contribution in [2.24, 2.45) is 0 Å². The van der Waals surface area contributed by atoms with E-state index in [0.717, 1.165) is 23.3 Å². The van der Waals surface area contributed by atoms with Crippen LogP contribution in [0.25, 0.3) is 0 Å². The molecular weight excluding hydrogens is 585 g/mol. The van der Waals surface area contributed by atoms with Crippen molar-refractivity contribution in [3.05, 3.63) is 108 Å². The number of sulfonamides is 2. The molecule has 1 heterocycles. The smallest absolute Gasteiger partial charge is 0.243 e. The highest BCUT2D eigenvalue weighted by atomic mass is 35.5. The second-order valence-corrected chi connectivity index (χ2v) is 14.0. The van der Waals surface area contributed by atoms with Crippen LogP contribution < -0.4 is 0 Å². The molecule has 0 aliphatic carbocycles. The van der Waals surface area contributed by atoms with E-state index in [-0.39, 0.29) is 48.4 Å². The molecule has 4 rings (SSSR count). The van der Waals surface area contributed by atoms with Crippen LogP contribution in [0.3, 0.4) is 0 Å². The van der Waals surface area contributed by atoms with Gasteiger partial charge in [0.1, 0.15) is 5.82 Å². The zero-order valence-corrected chi connectivity index (χ0v) is 25.6. The number of aryl methyl sites for hydroxylation is 1. The van der Waals surface area contributed by atoms with Crippen molar-refractivity contribution in [2.75, 3.05) is 39.3 Å². The maximum Gasteiger partial charge on any atom is 0.243 e. The molecule has 3 aromatic rings. The van der Waals surface area contributed by atoms with Crippen LogP contribution in [0.2, 0.25) is 0 Å². The predicted octanol–water partition coefficient (Wildman–Crippen LogP) is 5.09. The Kier molecular flexibility index (Phi) is 11.7. The fourth-order valence-electron chi connectivity index (χ4n) is 4.79. The van der Waals surface area contributed by atoms with Gasteiger partial charge in [0.15, 0.2) is 0 Å². The number of nitrogens with zero attached hydrogens (tertiary/aromatic N) is 3. The average Bonchev–Trinajstić information content (AvgIpc) is 2.92. The SMILES string of the molecule is C=C1CN(S(=O)(=O)c2ccc(C)cc2)CCCN(Cc2ccccc2)CCCN(S(=O)(=O)c2ccc(F)cc2)C1.Cl. The summed E-state index contributed by atoms with van der Waals surface area (Å²) in [5, 5.41) is 0. The van der Waals surface area contributed by atoms with Crippen LogP contribution >= 0.6 is 12.4 Å². The van der Waals surface area contributed by atoms with Crippen LogP contribution in [0.15, 0.2) is 101 Å². The van der Waals surface area contributed by atoms with Crippen LogP contribution in [0, 0.1) is 12.7 Å². The lowest BCUT2D eigenvalue weighted by Gasteiger charge is -2.30. The minimum Gasteiger partial charge on any atom is -0.299 e. The molecule has 0 unspecified atom stereocenters. The highest BCUT2D eigenvalue weighted by molar-refractivity contribution is 7.89. The molecule has 1 aliphatic heterocycles. The Morgan fingerprint density at radius 2 is 1.17 bits per heavy atom. The Hall–Kier alpha value is -2.60. The largest absolute Gasteiger partial charge is 0.299 e. The molecule has 0 saturated carbocycles. The third-order valence-electron chi connectivity index (χ3n) is 6.92. The van der Waals surface area contributed by atoms with Gasteiger partial charge in [0.05, 0.1) is 9.79 Å². The minimum atomic E-state index is -3.97. The lowest BCUT2D eigenvalue weighted by Crippen LogP contribution is -2.41. The van der Waals surface area contributed by atoms with Crippen molar-refractivity contribution in [1.29, 1.82) is 0 Å².